The Balaban J connectivity index is 1.63. The van der Waals surface area contributed by atoms with Crippen LogP contribution in [0.25, 0.3) is 0 Å². The predicted octanol–water partition coefficient (Wildman–Crippen LogP) is 3.44. The first-order chi connectivity index (χ1) is 12.9. The van der Waals surface area contributed by atoms with E-state index < -0.39 is 16.8 Å². The minimum absolute atomic E-state index is 0.0594. The molecular weight excluding hydrogens is 364 g/mol. The van der Waals surface area contributed by atoms with Crippen LogP contribution in [0.5, 0.6) is 0 Å². The highest BCUT2D eigenvalue weighted by Crippen LogP contribution is 2.56. The second-order valence-corrected chi connectivity index (χ2v) is 8.04. The number of thioether (sulfide) groups is 1. The Bertz CT molecular complexity index is 961. The van der Waals surface area contributed by atoms with Gasteiger partial charge in [-0.1, -0.05) is 36.0 Å². The summed E-state index contributed by atoms with van der Waals surface area (Å²) in [6.45, 7) is 1.60. The van der Waals surface area contributed by atoms with Crippen molar-refractivity contribution in [1.82, 2.24) is 0 Å². The topological polar surface area (TPSA) is 86.7 Å². The Labute approximate surface area is 160 Å². The first-order valence-corrected chi connectivity index (χ1v) is 9.49. The van der Waals surface area contributed by atoms with Crippen LogP contribution in [-0.4, -0.2) is 27.8 Å². The highest BCUT2D eigenvalue weighted by Gasteiger charge is 2.57. The normalized spacial score (nSPS) is 21.5. The number of para-hydroxylation sites is 1. The van der Waals surface area contributed by atoms with E-state index in [4.69, 9.17) is 0 Å². The fourth-order valence-corrected chi connectivity index (χ4v) is 4.97. The average molecular weight is 382 g/mol. The van der Waals surface area contributed by atoms with Crippen LogP contribution in [0.15, 0.2) is 53.4 Å². The fourth-order valence-electron chi connectivity index (χ4n) is 3.56. The van der Waals surface area contributed by atoms with Crippen molar-refractivity contribution in [3.63, 3.8) is 0 Å². The fraction of sp³-hybridized carbons (Fsp3) is 0.250. The van der Waals surface area contributed by atoms with Gasteiger partial charge in [0.2, 0.25) is 5.91 Å². The Morgan fingerprint density at radius 1 is 1.22 bits per heavy atom. The Morgan fingerprint density at radius 3 is 2.78 bits per heavy atom. The number of benzene rings is 2. The molecule has 0 aromatic heterocycles. The Hall–Kier alpha value is -2.80. The second-order valence-electron chi connectivity index (χ2n) is 6.72. The Morgan fingerprint density at radius 2 is 2.00 bits per heavy atom. The first kappa shape index (κ1) is 17.6. The van der Waals surface area contributed by atoms with E-state index >= 15 is 0 Å². The molecule has 2 aliphatic heterocycles. The van der Waals surface area contributed by atoms with Crippen LogP contribution >= 0.6 is 11.8 Å². The summed E-state index contributed by atoms with van der Waals surface area (Å²) >= 11 is 1.40. The molecule has 6 nitrogen and oxygen atoms in total. The van der Waals surface area contributed by atoms with Crippen molar-refractivity contribution < 1.29 is 19.5 Å². The summed E-state index contributed by atoms with van der Waals surface area (Å²) in [5.41, 5.74) is 1.91. The molecule has 1 fully saturated rings. The maximum absolute atomic E-state index is 13.2. The van der Waals surface area contributed by atoms with Crippen molar-refractivity contribution in [1.29, 1.82) is 0 Å². The lowest BCUT2D eigenvalue weighted by atomic mass is 10.0. The molecule has 2 aromatic carbocycles. The zero-order chi connectivity index (χ0) is 19.2. The number of fused-ring (bicyclic) bond motifs is 3. The van der Waals surface area contributed by atoms with E-state index in [-0.39, 0.29) is 11.8 Å². The zero-order valence-corrected chi connectivity index (χ0v) is 15.5. The standard InChI is InChI=1S/C20H18N2O4S/c1-12(18(24)25)13-5-4-6-14(11-13)21-19(26)20-10-9-17(23)22(20)15-7-2-3-8-16(15)27-20/h2-8,11-12H,9-10H2,1H3,(H,21,26)(H,24,25). The SMILES string of the molecule is CC(C(=O)O)c1cccc(NC(=O)C23CCC(=O)N2c2ccccc2S3)c1. The van der Waals surface area contributed by atoms with Crippen LogP contribution < -0.4 is 10.2 Å². The van der Waals surface area contributed by atoms with E-state index in [2.05, 4.69) is 5.32 Å². The largest absolute Gasteiger partial charge is 0.481 e. The zero-order valence-electron chi connectivity index (χ0n) is 14.6. The molecule has 2 heterocycles. The van der Waals surface area contributed by atoms with Crippen molar-refractivity contribution in [2.75, 3.05) is 10.2 Å². The lowest BCUT2D eigenvalue weighted by molar-refractivity contribution is -0.138. The van der Waals surface area contributed by atoms with Gasteiger partial charge in [0.1, 0.15) is 0 Å². The summed E-state index contributed by atoms with van der Waals surface area (Å²) in [4.78, 5) is 38.4. The number of hydrogen-bond acceptors (Lipinski definition) is 4. The van der Waals surface area contributed by atoms with Gasteiger partial charge in [-0.15, -0.1) is 0 Å². The molecule has 0 radical (unpaired) electrons. The number of nitrogens with one attached hydrogen (secondary N) is 1. The van der Waals surface area contributed by atoms with Crippen molar-refractivity contribution >= 4 is 40.9 Å². The van der Waals surface area contributed by atoms with Crippen molar-refractivity contribution in [2.24, 2.45) is 0 Å². The minimum Gasteiger partial charge on any atom is -0.481 e. The first-order valence-electron chi connectivity index (χ1n) is 8.68. The van der Waals surface area contributed by atoms with Gasteiger partial charge in [0.05, 0.1) is 11.6 Å². The van der Waals surface area contributed by atoms with E-state index in [1.807, 2.05) is 24.3 Å². The summed E-state index contributed by atoms with van der Waals surface area (Å²) in [7, 11) is 0. The molecular formula is C20H18N2O4S. The molecule has 0 aliphatic carbocycles. The van der Waals surface area contributed by atoms with Gasteiger partial charge in [-0.2, -0.15) is 0 Å². The minimum atomic E-state index is -0.991. The molecule has 2 unspecified atom stereocenters. The van der Waals surface area contributed by atoms with Gasteiger partial charge in [-0.05, 0) is 43.2 Å². The maximum Gasteiger partial charge on any atom is 0.310 e. The number of hydrogen-bond donors (Lipinski definition) is 2. The van der Waals surface area contributed by atoms with E-state index in [9.17, 15) is 19.5 Å². The van der Waals surface area contributed by atoms with Gasteiger partial charge >= 0.3 is 5.97 Å². The van der Waals surface area contributed by atoms with Crippen LogP contribution in [-0.2, 0) is 14.4 Å². The summed E-state index contributed by atoms with van der Waals surface area (Å²) in [6.07, 6.45) is 0.757. The van der Waals surface area contributed by atoms with E-state index in [0.29, 0.717) is 24.1 Å². The van der Waals surface area contributed by atoms with Gasteiger partial charge in [-0.25, -0.2) is 0 Å². The molecule has 27 heavy (non-hydrogen) atoms. The van der Waals surface area contributed by atoms with Crippen LogP contribution in [0, 0.1) is 0 Å². The van der Waals surface area contributed by atoms with Gasteiger partial charge in [0, 0.05) is 17.0 Å². The molecule has 138 valence electrons. The van der Waals surface area contributed by atoms with Crippen molar-refractivity contribution in [3.8, 4) is 0 Å². The molecule has 7 heteroatoms. The number of nitrogens with zero attached hydrogens (tertiary/aromatic N) is 1. The molecule has 2 aromatic rings. The number of carboxylic acids is 1. The summed E-state index contributed by atoms with van der Waals surface area (Å²) < 4.78 is 0. The molecule has 1 saturated heterocycles. The molecule has 2 atom stereocenters. The molecule has 2 N–H and O–H groups in total. The maximum atomic E-state index is 13.2. The van der Waals surface area contributed by atoms with Crippen LogP contribution in [0.4, 0.5) is 11.4 Å². The summed E-state index contributed by atoms with van der Waals surface area (Å²) in [6, 6.07) is 14.3. The third-order valence-corrected chi connectivity index (χ3v) is 6.52. The third-order valence-electron chi connectivity index (χ3n) is 5.04. The number of amides is 2. The van der Waals surface area contributed by atoms with Gasteiger partial charge in [0.15, 0.2) is 4.87 Å². The summed E-state index contributed by atoms with van der Waals surface area (Å²) in [5.74, 6) is -1.92. The summed E-state index contributed by atoms with van der Waals surface area (Å²) in [5, 5.41) is 12.1. The van der Waals surface area contributed by atoms with E-state index in [0.717, 1.165) is 10.6 Å². The molecule has 0 bridgehead atoms. The van der Waals surface area contributed by atoms with Crippen molar-refractivity contribution in [2.45, 2.75) is 35.4 Å². The molecule has 4 rings (SSSR count). The molecule has 0 spiro atoms. The number of carbonyl (C=O) groups is 3. The number of rotatable bonds is 4. The van der Waals surface area contributed by atoms with Crippen LogP contribution in [0.3, 0.4) is 0 Å². The lowest BCUT2D eigenvalue weighted by Gasteiger charge is -2.29. The highest BCUT2D eigenvalue weighted by atomic mass is 32.2. The molecule has 2 amide bonds. The quantitative estimate of drug-likeness (QED) is 0.846. The van der Waals surface area contributed by atoms with Crippen LogP contribution in [0.1, 0.15) is 31.2 Å². The highest BCUT2D eigenvalue weighted by molar-refractivity contribution is 8.02. The number of carboxylic acid groups (broad SMARTS) is 1. The van der Waals surface area contributed by atoms with E-state index in [1.54, 1.807) is 36.1 Å². The number of aliphatic carboxylic acids is 1. The van der Waals surface area contributed by atoms with E-state index in [1.165, 1.54) is 11.8 Å². The average Bonchev–Trinajstić information content (AvgIpc) is 3.17. The lowest BCUT2D eigenvalue weighted by Crippen LogP contribution is -2.49. The number of anilines is 2. The predicted molar refractivity (Wildman–Crippen MR) is 103 cm³/mol. The third kappa shape index (κ3) is 2.78. The monoisotopic (exact) mass is 382 g/mol. The second kappa shape index (κ2) is 6.42. The molecule has 0 saturated carbocycles. The van der Waals surface area contributed by atoms with Gasteiger partial charge < -0.3 is 10.4 Å². The number of carbonyl (C=O) groups excluding carboxylic acids is 2. The Kier molecular flexibility index (Phi) is 4.19. The molecule has 2 aliphatic rings. The smallest absolute Gasteiger partial charge is 0.310 e. The van der Waals surface area contributed by atoms with Crippen molar-refractivity contribution in [3.05, 3.63) is 54.1 Å². The van der Waals surface area contributed by atoms with Gasteiger partial charge in [0.25, 0.3) is 5.91 Å². The van der Waals surface area contributed by atoms with Gasteiger partial charge in [-0.3, -0.25) is 19.3 Å². The van der Waals surface area contributed by atoms with Crippen LogP contribution in [0.2, 0.25) is 0 Å².